The van der Waals surface area contributed by atoms with E-state index in [4.69, 9.17) is 9.47 Å². The average molecular weight is 314 g/mol. The highest BCUT2D eigenvalue weighted by molar-refractivity contribution is 6.16. The number of hydrogen-bond donors (Lipinski definition) is 0. The van der Waals surface area contributed by atoms with Gasteiger partial charge >= 0.3 is 0 Å². The van der Waals surface area contributed by atoms with E-state index in [1.165, 1.54) is 0 Å². The highest BCUT2D eigenvalue weighted by atomic mass is 16.7. The summed E-state index contributed by atoms with van der Waals surface area (Å²) in [6.45, 7) is 4.15. The zero-order chi connectivity index (χ0) is 16.6. The number of allylic oxidation sites excluding steroid dienone is 1. The monoisotopic (exact) mass is 314 g/mol. The molecule has 1 aromatic carbocycles. The van der Waals surface area contributed by atoms with E-state index in [-0.39, 0.29) is 42.2 Å². The first kappa shape index (κ1) is 16.1. The predicted octanol–water partition coefficient (Wildman–Crippen LogP) is 3.27. The van der Waals surface area contributed by atoms with Crippen LogP contribution in [0.5, 0.6) is 0 Å². The summed E-state index contributed by atoms with van der Waals surface area (Å²) in [5.74, 6) is -0.559. The fourth-order valence-corrected chi connectivity index (χ4v) is 3.98. The lowest BCUT2D eigenvalue weighted by Gasteiger charge is -2.41. The van der Waals surface area contributed by atoms with Gasteiger partial charge in [-0.15, -0.1) is 0 Å². The van der Waals surface area contributed by atoms with Crippen molar-refractivity contribution >= 4 is 11.6 Å². The van der Waals surface area contributed by atoms with Gasteiger partial charge in [0.1, 0.15) is 6.79 Å². The predicted molar refractivity (Wildman–Crippen MR) is 86.4 cm³/mol. The number of carbonyl (C=O) groups is 2. The molecular formula is C19H22O4. The number of fused-ring (bicyclic) bond motifs is 2. The second kappa shape index (κ2) is 6.38. The van der Waals surface area contributed by atoms with Crippen LogP contribution in [-0.2, 0) is 9.47 Å². The molecule has 0 bridgehead atoms. The molecule has 0 saturated heterocycles. The van der Waals surface area contributed by atoms with Crippen molar-refractivity contribution < 1.29 is 19.1 Å². The third-order valence-electron chi connectivity index (χ3n) is 5.09. The lowest BCUT2D eigenvalue weighted by atomic mass is 9.62. The molecular weight excluding hydrogens is 292 g/mol. The first-order valence-electron chi connectivity index (χ1n) is 8.01. The summed E-state index contributed by atoms with van der Waals surface area (Å²) in [6.07, 6.45) is 2.53. The van der Waals surface area contributed by atoms with Crippen molar-refractivity contribution in [3.63, 3.8) is 0 Å². The van der Waals surface area contributed by atoms with Crippen LogP contribution in [0.2, 0.25) is 0 Å². The Balaban J connectivity index is 2.01. The Kier molecular flexibility index (Phi) is 4.46. The molecule has 0 radical (unpaired) electrons. The molecule has 0 aliphatic heterocycles. The molecule has 3 rings (SSSR count). The second-order valence-corrected chi connectivity index (χ2v) is 6.39. The van der Waals surface area contributed by atoms with E-state index < -0.39 is 0 Å². The van der Waals surface area contributed by atoms with E-state index >= 15 is 0 Å². The maximum Gasteiger partial charge on any atom is 0.168 e. The highest BCUT2D eigenvalue weighted by Gasteiger charge is 2.48. The van der Waals surface area contributed by atoms with E-state index in [9.17, 15) is 9.59 Å². The van der Waals surface area contributed by atoms with Crippen molar-refractivity contribution in [1.82, 2.24) is 0 Å². The van der Waals surface area contributed by atoms with Gasteiger partial charge in [-0.1, -0.05) is 35.9 Å². The molecule has 0 fully saturated rings. The standard InChI is InChI=1S/C19H22O4/c1-11-8-9-15-17(16(11)12(2)23-10-22-3)19(21)14-7-5-4-6-13(14)18(15)20/h4-8,12,15-17H,9-10H2,1-3H3/t12-,15?,16-,17?/m1/s1. The Morgan fingerprint density at radius 1 is 1.17 bits per heavy atom. The zero-order valence-electron chi connectivity index (χ0n) is 13.7. The third kappa shape index (κ3) is 2.66. The van der Waals surface area contributed by atoms with E-state index in [1.807, 2.05) is 26.0 Å². The third-order valence-corrected chi connectivity index (χ3v) is 5.09. The zero-order valence-corrected chi connectivity index (χ0v) is 13.7. The number of Topliss-reactive ketones (excluding diaryl/α,β-unsaturated/α-hetero) is 2. The van der Waals surface area contributed by atoms with Gasteiger partial charge in [-0.25, -0.2) is 0 Å². The number of carbonyl (C=O) groups excluding carboxylic acids is 2. The Morgan fingerprint density at radius 3 is 2.48 bits per heavy atom. The van der Waals surface area contributed by atoms with E-state index in [2.05, 4.69) is 6.08 Å². The first-order chi connectivity index (χ1) is 11.1. The van der Waals surface area contributed by atoms with Gasteiger partial charge in [0.15, 0.2) is 11.6 Å². The molecule has 0 spiro atoms. The van der Waals surface area contributed by atoms with Gasteiger partial charge < -0.3 is 9.47 Å². The summed E-state index contributed by atoms with van der Waals surface area (Å²) < 4.78 is 10.7. The molecule has 1 aromatic rings. The highest BCUT2D eigenvalue weighted by Crippen LogP contribution is 2.44. The summed E-state index contributed by atoms with van der Waals surface area (Å²) in [5.41, 5.74) is 2.24. The molecule has 0 saturated carbocycles. The van der Waals surface area contributed by atoms with Crippen molar-refractivity contribution in [1.29, 1.82) is 0 Å². The summed E-state index contributed by atoms with van der Waals surface area (Å²) >= 11 is 0. The summed E-state index contributed by atoms with van der Waals surface area (Å²) in [6, 6.07) is 7.15. The number of rotatable bonds is 4. The lowest BCUT2D eigenvalue weighted by Crippen LogP contribution is -2.46. The molecule has 4 heteroatoms. The molecule has 2 aliphatic rings. The van der Waals surface area contributed by atoms with Crippen LogP contribution in [0.15, 0.2) is 35.9 Å². The van der Waals surface area contributed by atoms with Gasteiger partial charge in [-0.3, -0.25) is 9.59 Å². The molecule has 0 amide bonds. The number of ether oxygens (including phenoxy) is 2. The van der Waals surface area contributed by atoms with E-state index in [1.54, 1.807) is 19.2 Å². The summed E-state index contributed by atoms with van der Waals surface area (Å²) in [7, 11) is 1.57. The molecule has 0 heterocycles. The van der Waals surface area contributed by atoms with Crippen molar-refractivity contribution in [2.24, 2.45) is 17.8 Å². The van der Waals surface area contributed by atoms with Crippen LogP contribution in [0.4, 0.5) is 0 Å². The average Bonchev–Trinajstić information content (AvgIpc) is 2.57. The SMILES string of the molecule is COCO[C@H](C)[C@H]1C(C)=CCC2C(=O)c3ccccc3C(=O)C21. The molecule has 0 N–H and O–H groups in total. The van der Waals surface area contributed by atoms with Crippen LogP contribution in [0.1, 0.15) is 41.0 Å². The van der Waals surface area contributed by atoms with Crippen molar-refractivity contribution in [2.45, 2.75) is 26.4 Å². The molecule has 0 aromatic heterocycles. The fourth-order valence-electron chi connectivity index (χ4n) is 3.98. The summed E-state index contributed by atoms with van der Waals surface area (Å²) in [5, 5.41) is 0. The van der Waals surface area contributed by atoms with Crippen LogP contribution >= 0.6 is 0 Å². The minimum atomic E-state index is -0.339. The topological polar surface area (TPSA) is 52.6 Å². The van der Waals surface area contributed by atoms with Gasteiger partial charge in [-0.05, 0) is 20.3 Å². The van der Waals surface area contributed by atoms with Gasteiger partial charge in [0.25, 0.3) is 0 Å². The number of benzene rings is 1. The number of hydrogen-bond acceptors (Lipinski definition) is 4. The molecule has 4 nitrogen and oxygen atoms in total. The number of methoxy groups -OCH3 is 1. The first-order valence-corrected chi connectivity index (χ1v) is 8.01. The Hall–Kier alpha value is -1.78. The van der Waals surface area contributed by atoms with E-state index in [0.29, 0.717) is 17.5 Å². The molecule has 2 aliphatic carbocycles. The second-order valence-electron chi connectivity index (χ2n) is 6.39. The quantitative estimate of drug-likeness (QED) is 0.632. The van der Waals surface area contributed by atoms with E-state index in [0.717, 1.165) is 5.57 Å². The normalized spacial score (nSPS) is 28.0. The molecule has 23 heavy (non-hydrogen) atoms. The minimum Gasteiger partial charge on any atom is -0.359 e. The largest absolute Gasteiger partial charge is 0.359 e. The molecule has 2 unspecified atom stereocenters. The van der Waals surface area contributed by atoms with Crippen LogP contribution < -0.4 is 0 Å². The molecule has 122 valence electrons. The van der Waals surface area contributed by atoms with Crippen molar-refractivity contribution in [2.75, 3.05) is 13.9 Å². The minimum absolute atomic E-state index is 0.0653. The number of ketones is 2. The van der Waals surface area contributed by atoms with Crippen LogP contribution in [0, 0.1) is 17.8 Å². The maximum absolute atomic E-state index is 13.1. The Bertz CT molecular complexity index is 661. The molecule has 4 atom stereocenters. The van der Waals surface area contributed by atoms with Crippen molar-refractivity contribution in [3.8, 4) is 0 Å². The van der Waals surface area contributed by atoms with Crippen LogP contribution in [0.25, 0.3) is 0 Å². The maximum atomic E-state index is 13.1. The van der Waals surface area contributed by atoms with Gasteiger partial charge in [0.05, 0.1) is 6.10 Å². The summed E-state index contributed by atoms with van der Waals surface area (Å²) in [4.78, 5) is 25.9. The smallest absolute Gasteiger partial charge is 0.168 e. The lowest BCUT2D eigenvalue weighted by molar-refractivity contribution is -0.0874. The van der Waals surface area contributed by atoms with Crippen LogP contribution in [0.3, 0.4) is 0 Å². The van der Waals surface area contributed by atoms with Crippen LogP contribution in [-0.4, -0.2) is 31.6 Å². The van der Waals surface area contributed by atoms with Crippen molar-refractivity contribution in [3.05, 3.63) is 47.0 Å². The van der Waals surface area contributed by atoms with Gasteiger partial charge in [0.2, 0.25) is 0 Å². The van der Waals surface area contributed by atoms with Gasteiger partial charge in [0, 0.05) is 36.0 Å². The van der Waals surface area contributed by atoms with Gasteiger partial charge in [-0.2, -0.15) is 0 Å². The Labute approximate surface area is 136 Å². The Morgan fingerprint density at radius 2 is 1.83 bits per heavy atom. The fraction of sp³-hybridized carbons (Fsp3) is 0.474.